The Kier molecular flexibility index (Phi) is 4.58. The molecule has 2 nitrogen and oxygen atoms in total. The van der Waals surface area contributed by atoms with E-state index in [9.17, 15) is 0 Å². The fraction of sp³-hybridized carbons (Fsp3) is 0.833. The zero-order valence-corrected chi connectivity index (χ0v) is 7.09. The van der Waals surface area contributed by atoms with Crippen LogP contribution in [0.15, 0.2) is 0 Å². The van der Waals surface area contributed by atoms with Gasteiger partial charge in [0, 0.05) is 13.6 Å². The van der Waals surface area contributed by atoms with Crippen LogP contribution in [0, 0.1) is 5.41 Å². The van der Waals surface area contributed by atoms with Crippen molar-refractivity contribution in [3.8, 4) is 0 Å². The van der Waals surface area contributed by atoms with Gasteiger partial charge in [0.1, 0.15) is 0 Å². The first-order chi connectivity index (χ1) is 4.22. The molecule has 3 heteroatoms. The van der Waals surface area contributed by atoms with Gasteiger partial charge in [0.15, 0.2) is 5.17 Å². The highest BCUT2D eigenvalue weighted by Crippen LogP contribution is 1.99. The minimum atomic E-state index is 0.650. The van der Waals surface area contributed by atoms with Crippen LogP contribution in [0.3, 0.4) is 0 Å². The van der Waals surface area contributed by atoms with Gasteiger partial charge in [0.2, 0.25) is 0 Å². The van der Waals surface area contributed by atoms with Gasteiger partial charge >= 0.3 is 0 Å². The summed E-state index contributed by atoms with van der Waals surface area (Å²) in [5, 5.41) is 7.99. The van der Waals surface area contributed by atoms with Crippen LogP contribution >= 0.6 is 11.8 Å². The predicted octanol–water partition coefficient (Wildman–Crippen LogP) is 1.63. The Balaban J connectivity index is 3.45. The van der Waals surface area contributed by atoms with Crippen LogP contribution in [-0.4, -0.2) is 29.9 Å². The molecule has 0 rings (SSSR count). The monoisotopic (exact) mass is 146 g/mol. The topological polar surface area (TPSA) is 27.1 Å². The average molecular weight is 146 g/mol. The fourth-order valence-electron chi connectivity index (χ4n) is 0.593. The number of hydrogen-bond donors (Lipinski definition) is 1. The van der Waals surface area contributed by atoms with Crippen LogP contribution in [0.4, 0.5) is 0 Å². The van der Waals surface area contributed by atoms with E-state index in [1.807, 2.05) is 18.2 Å². The maximum Gasteiger partial charge on any atom is 0.155 e. The standard InChI is InChI=1S/C6H14N2S/c1-4-5-8(2)6(7)9-3/h7H,4-5H2,1-3H3. The van der Waals surface area contributed by atoms with Crippen LogP contribution < -0.4 is 0 Å². The minimum Gasteiger partial charge on any atom is -0.355 e. The Labute approximate surface area is 61.1 Å². The molecule has 54 valence electrons. The predicted molar refractivity (Wildman–Crippen MR) is 44.2 cm³/mol. The Morgan fingerprint density at radius 3 is 2.56 bits per heavy atom. The second-order valence-corrected chi connectivity index (χ2v) is 2.73. The Morgan fingerprint density at radius 1 is 1.67 bits per heavy atom. The van der Waals surface area contributed by atoms with Gasteiger partial charge in [0.05, 0.1) is 0 Å². The van der Waals surface area contributed by atoms with Crippen LogP contribution in [0.1, 0.15) is 13.3 Å². The van der Waals surface area contributed by atoms with Crippen LogP contribution in [0.2, 0.25) is 0 Å². The number of nitrogens with one attached hydrogen (secondary N) is 1. The van der Waals surface area contributed by atoms with Crippen molar-refractivity contribution in [1.82, 2.24) is 4.90 Å². The van der Waals surface area contributed by atoms with Crippen LogP contribution in [0.25, 0.3) is 0 Å². The summed E-state index contributed by atoms with van der Waals surface area (Å²) < 4.78 is 0. The Bertz CT molecular complexity index is 93.1. The average Bonchev–Trinajstić information content (AvgIpc) is 1.87. The smallest absolute Gasteiger partial charge is 0.155 e. The SMILES string of the molecule is CCCN(C)C(=N)SC. The lowest BCUT2D eigenvalue weighted by molar-refractivity contribution is 0.508. The van der Waals surface area contributed by atoms with Gasteiger partial charge in [-0.15, -0.1) is 0 Å². The molecule has 0 saturated carbocycles. The van der Waals surface area contributed by atoms with Crippen molar-refractivity contribution in [2.75, 3.05) is 19.8 Å². The molecule has 0 aromatic carbocycles. The van der Waals surface area contributed by atoms with Crippen molar-refractivity contribution >= 4 is 16.9 Å². The van der Waals surface area contributed by atoms with Crippen molar-refractivity contribution in [1.29, 1.82) is 5.41 Å². The number of hydrogen-bond acceptors (Lipinski definition) is 2. The van der Waals surface area contributed by atoms with Crippen LogP contribution in [0.5, 0.6) is 0 Å². The zero-order valence-electron chi connectivity index (χ0n) is 6.27. The number of rotatable bonds is 2. The normalized spacial score (nSPS) is 9.22. The Hall–Kier alpha value is -0.180. The lowest BCUT2D eigenvalue weighted by Crippen LogP contribution is -2.23. The third-order valence-electron chi connectivity index (χ3n) is 1.10. The maximum atomic E-state index is 7.34. The first-order valence-electron chi connectivity index (χ1n) is 3.06. The second kappa shape index (κ2) is 4.68. The van der Waals surface area contributed by atoms with Crippen molar-refractivity contribution < 1.29 is 0 Å². The Morgan fingerprint density at radius 2 is 2.22 bits per heavy atom. The molecule has 0 heterocycles. The molecule has 0 aromatic heterocycles. The van der Waals surface area contributed by atoms with Gasteiger partial charge < -0.3 is 4.90 Å². The van der Waals surface area contributed by atoms with E-state index < -0.39 is 0 Å². The molecule has 0 aliphatic carbocycles. The van der Waals surface area contributed by atoms with E-state index in [4.69, 9.17) is 5.41 Å². The molecule has 0 aliphatic heterocycles. The molecule has 0 unspecified atom stereocenters. The minimum absolute atomic E-state index is 0.650. The molecule has 0 amide bonds. The van der Waals surface area contributed by atoms with Crippen molar-refractivity contribution in [2.24, 2.45) is 0 Å². The van der Waals surface area contributed by atoms with E-state index in [2.05, 4.69) is 6.92 Å². The van der Waals surface area contributed by atoms with Gasteiger partial charge in [0.25, 0.3) is 0 Å². The van der Waals surface area contributed by atoms with Crippen molar-refractivity contribution in [3.05, 3.63) is 0 Å². The van der Waals surface area contributed by atoms with Crippen molar-refractivity contribution in [3.63, 3.8) is 0 Å². The molecule has 0 aliphatic rings. The van der Waals surface area contributed by atoms with E-state index in [1.165, 1.54) is 11.8 Å². The van der Waals surface area contributed by atoms with Gasteiger partial charge in [-0.05, 0) is 12.7 Å². The molecule has 1 N–H and O–H groups in total. The van der Waals surface area contributed by atoms with E-state index >= 15 is 0 Å². The number of nitrogens with zero attached hydrogens (tertiary/aromatic N) is 1. The lowest BCUT2D eigenvalue weighted by Gasteiger charge is -2.16. The maximum absolute atomic E-state index is 7.34. The molecular formula is C6H14N2S. The van der Waals surface area contributed by atoms with E-state index in [0.29, 0.717) is 5.17 Å². The van der Waals surface area contributed by atoms with Gasteiger partial charge in [-0.3, -0.25) is 5.41 Å². The number of thioether (sulfide) groups is 1. The quantitative estimate of drug-likeness (QED) is 0.473. The van der Waals surface area contributed by atoms with E-state index in [-0.39, 0.29) is 0 Å². The highest BCUT2D eigenvalue weighted by Gasteiger charge is 1.98. The van der Waals surface area contributed by atoms with E-state index in [0.717, 1.165) is 13.0 Å². The summed E-state index contributed by atoms with van der Waals surface area (Å²) in [4.78, 5) is 1.95. The molecular weight excluding hydrogens is 132 g/mol. The third-order valence-corrected chi connectivity index (χ3v) is 1.80. The molecule has 0 radical (unpaired) electrons. The largest absolute Gasteiger partial charge is 0.355 e. The van der Waals surface area contributed by atoms with Gasteiger partial charge in [-0.1, -0.05) is 18.7 Å². The van der Waals surface area contributed by atoms with Crippen LogP contribution in [-0.2, 0) is 0 Å². The summed E-state index contributed by atoms with van der Waals surface area (Å²) >= 11 is 1.48. The summed E-state index contributed by atoms with van der Waals surface area (Å²) in [6.45, 7) is 3.10. The highest BCUT2D eigenvalue weighted by molar-refractivity contribution is 8.13. The van der Waals surface area contributed by atoms with Crippen molar-refractivity contribution in [2.45, 2.75) is 13.3 Å². The third kappa shape index (κ3) is 3.40. The van der Waals surface area contributed by atoms with Gasteiger partial charge in [-0.2, -0.15) is 0 Å². The van der Waals surface area contributed by atoms with Gasteiger partial charge in [-0.25, -0.2) is 0 Å². The summed E-state index contributed by atoms with van der Waals surface area (Å²) in [5.74, 6) is 0. The summed E-state index contributed by atoms with van der Waals surface area (Å²) in [6.07, 6.45) is 3.04. The zero-order chi connectivity index (χ0) is 7.28. The molecule has 0 spiro atoms. The summed E-state index contributed by atoms with van der Waals surface area (Å²) in [5.41, 5.74) is 0. The molecule has 0 aromatic rings. The molecule has 0 fully saturated rings. The summed E-state index contributed by atoms with van der Waals surface area (Å²) in [6, 6.07) is 0. The number of amidine groups is 1. The molecule has 0 atom stereocenters. The second-order valence-electron chi connectivity index (χ2n) is 1.93. The first kappa shape index (κ1) is 8.82. The molecule has 9 heavy (non-hydrogen) atoms. The molecule has 0 bridgehead atoms. The first-order valence-corrected chi connectivity index (χ1v) is 4.28. The van der Waals surface area contributed by atoms with E-state index in [1.54, 1.807) is 0 Å². The summed E-state index contributed by atoms with van der Waals surface area (Å²) in [7, 11) is 1.95. The molecule has 0 saturated heterocycles. The highest BCUT2D eigenvalue weighted by atomic mass is 32.2. The fourth-order valence-corrected chi connectivity index (χ4v) is 0.996. The lowest BCUT2D eigenvalue weighted by atomic mass is 10.5.